The number of carboxylic acids is 1. The first kappa shape index (κ1) is 22.0. The fourth-order valence-corrected chi connectivity index (χ4v) is 4.14. The van der Waals surface area contributed by atoms with Crippen LogP contribution in [0.3, 0.4) is 0 Å². The Kier molecular flexibility index (Phi) is 8.90. The van der Waals surface area contributed by atoms with Crippen LogP contribution in [0.5, 0.6) is 5.75 Å². The van der Waals surface area contributed by atoms with Gasteiger partial charge in [-0.3, -0.25) is 4.79 Å². The van der Waals surface area contributed by atoms with Gasteiger partial charge in [-0.05, 0) is 55.4 Å². The summed E-state index contributed by atoms with van der Waals surface area (Å²) in [5, 5.41) is 28.6. The van der Waals surface area contributed by atoms with Gasteiger partial charge in [-0.25, -0.2) is 0 Å². The van der Waals surface area contributed by atoms with Crippen molar-refractivity contribution in [1.82, 2.24) is 0 Å². The van der Waals surface area contributed by atoms with Crippen LogP contribution in [0, 0.1) is 11.8 Å². The molecule has 5 nitrogen and oxygen atoms in total. The fraction of sp³-hybridized carbons (Fsp3) is 0.550. The zero-order chi connectivity index (χ0) is 19.8. The summed E-state index contributed by atoms with van der Waals surface area (Å²) in [6.45, 7) is 0.190. The molecule has 1 fully saturated rings. The number of benzene rings is 1. The number of rotatable bonds is 10. The van der Waals surface area contributed by atoms with Crippen LogP contribution >= 0.6 is 23.2 Å². The smallest absolute Gasteiger partial charge is 0.303 e. The van der Waals surface area contributed by atoms with Crippen LogP contribution in [0.25, 0.3) is 0 Å². The molecule has 1 aliphatic carbocycles. The third-order valence-electron chi connectivity index (χ3n) is 4.87. The zero-order valence-corrected chi connectivity index (χ0v) is 16.6. The average molecular weight is 417 g/mol. The molecule has 0 saturated heterocycles. The van der Waals surface area contributed by atoms with Gasteiger partial charge in [0, 0.05) is 22.7 Å². The molecular formula is C20H26Cl2O5. The van der Waals surface area contributed by atoms with Gasteiger partial charge in [0.15, 0.2) is 0 Å². The molecule has 0 amide bonds. The summed E-state index contributed by atoms with van der Waals surface area (Å²) < 4.78 is 5.83. The number of alkyl halides is 1. The van der Waals surface area contributed by atoms with Gasteiger partial charge in [0.1, 0.15) is 5.75 Å². The minimum atomic E-state index is -0.786. The minimum Gasteiger partial charge on any atom is -0.493 e. The van der Waals surface area contributed by atoms with Crippen molar-refractivity contribution >= 4 is 29.2 Å². The van der Waals surface area contributed by atoms with Gasteiger partial charge in [-0.1, -0.05) is 23.8 Å². The van der Waals surface area contributed by atoms with Crippen LogP contribution in [0.15, 0.2) is 30.4 Å². The average Bonchev–Trinajstić information content (AvgIpc) is 2.88. The summed E-state index contributed by atoms with van der Waals surface area (Å²) in [6, 6.07) is 5.08. The second kappa shape index (κ2) is 10.9. The van der Waals surface area contributed by atoms with Crippen molar-refractivity contribution in [3.63, 3.8) is 0 Å². The normalized spacial score (nSPS) is 25.2. The van der Waals surface area contributed by atoms with E-state index < -0.39 is 12.1 Å². The zero-order valence-electron chi connectivity index (χ0n) is 15.1. The maximum Gasteiger partial charge on any atom is 0.303 e. The van der Waals surface area contributed by atoms with Crippen LogP contribution < -0.4 is 4.74 Å². The Morgan fingerprint density at radius 2 is 2.04 bits per heavy atom. The topological polar surface area (TPSA) is 87.0 Å². The van der Waals surface area contributed by atoms with E-state index in [-0.39, 0.29) is 30.2 Å². The quantitative estimate of drug-likeness (QED) is 0.304. The van der Waals surface area contributed by atoms with E-state index in [9.17, 15) is 15.0 Å². The highest BCUT2D eigenvalue weighted by atomic mass is 35.5. The highest BCUT2D eigenvalue weighted by Gasteiger charge is 2.41. The van der Waals surface area contributed by atoms with E-state index in [4.69, 9.17) is 33.0 Å². The van der Waals surface area contributed by atoms with Crippen molar-refractivity contribution in [2.45, 2.75) is 50.2 Å². The molecule has 1 aromatic carbocycles. The van der Waals surface area contributed by atoms with Crippen LogP contribution in [-0.2, 0) is 11.4 Å². The van der Waals surface area contributed by atoms with Crippen LogP contribution in [0.4, 0.5) is 0 Å². The monoisotopic (exact) mass is 416 g/mol. The molecule has 0 heterocycles. The first-order valence-corrected chi connectivity index (χ1v) is 9.94. The van der Waals surface area contributed by atoms with Crippen LogP contribution in [0.1, 0.15) is 37.7 Å². The highest BCUT2D eigenvalue weighted by Crippen LogP contribution is 2.39. The Balaban J connectivity index is 1.90. The number of aliphatic carboxylic acids is 1. The Labute approximate surface area is 169 Å². The molecule has 7 heteroatoms. The van der Waals surface area contributed by atoms with Gasteiger partial charge in [0.25, 0.3) is 0 Å². The molecule has 1 aliphatic rings. The van der Waals surface area contributed by atoms with Gasteiger partial charge in [-0.15, -0.1) is 11.6 Å². The molecule has 0 unspecified atom stereocenters. The van der Waals surface area contributed by atoms with Gasteiger partial charge < -0.3 is 20.1 Å². The number of carbonyl (C=O) groups is 1. The number of aliphatic hydroxyl groups is 2. The summed E-state index contributed by atoms with van der Waals surface area (Å²) in [6.07, 6.45) is 6.16. The lowest BCUT2D eigenvalue weighted by atomic mass is 9.92. The summed E-state index contributed by atoms with van der Waals surface area (Å²) in [5.41, 5.74) is 0.667. The van der Waals surface area contributed by atoms with Crippen molar-refractivity contribution < 1.29 is 24.9 Å². The summed E-state index contributed by atoms with van der Waals surface area (Å²) in [5.74, 6) is -0.257. The van der Waals surface area contributed by atoms with Crippen LogP contribution in [-0.4, -0.2) is 39.4 Å². The Morgan fingerprint density at radius 3 is 2.74 bits per heavy atom. The predicted molar refractivity (Wildman–Crippen MR) is 105 cm³/mol. The first-order chi connectivity index (χ1) is 12.9. The minimum absolute atomic E-state index is 0.0777. The number of hydrogen-bond acceptors (Lipinski definition) is 4. The number of allylic oxidation sites excluding steroid dienone is 2. The number of ether oxygens (including phenoxy) is 1. The molecule has 4 atom stereocenters. The largest absolute Gasteiger partial charge is 0.493 e. The summed E-state index contributed by atoms with van der Waals surface area (Å²) >= 11 is 12.4. The van der Waals surface area contributed by atoms with Crippen molar-refractivity contribution in [2.24, 2.45) is 11.8 Å². The molecule has 3 N–H and O–H groups in total. The first-order valence-electron chi connectivity index (χ1n) is 9.12. The third kappa shape index (κ3) is 7.00. The second-order valence-electron chi connectivity index (χ2n) is 6.90. The van der Waals surface area contributed by atoms with Gasteiger partial charge in [-0.2, -0.15) is 0 Å². The van der Waals surface area contributed by atoms with E-state index in [1.54, 1.807) is 18.2 Å². The summed E-state index contributed by atoms with van der Waals surface area (Å²) in [7, 11) is 0. The van der Waals surface area contributed by atoms with E-state index in [2.05, 4.69) is 0 Å². The number of carboxylic acid groups (broad SMARTS) is 1. The molecule has 2 rings (SSSR count). The lowest BCUT2D eigenvalue weighted by molar-refractivity contribution is -0.137. The molecule has 150 valence electrons. The van der Waals surface area contributed by atoms with E-state index in [0.717, 1.165) is 0 Å². The lowest BCUT2D eigenvalue weighted by Gasteiger charge is -2.23. The van der Waals surface area contributed by atoms with E-state index in [1.807, 2.05) is 12.2 Å². The number of halogens is 2. The SMILES string of the molecule is O=C(O)CCCC=CC[C@@H]1[C@@H](COc2cc(Cl)cc(CO)c2)[C@H](O)C[C@H]1Cl. The van der Waals surface area contributed by atoms with Gasteiger partial charge >= 0.3 is 5.97 Å². The Hall–Kier alpha value is -1.27. The summed E-state index contributed by atoms with van der Waals surface area (Å²) in [4.78, 5) is 10.5. The highest BCUT2D eigenvalue weighted by molar-refractivity contribution is 6.30. The molecule has 0 spiro atoms. The van der Waals surface area contributed by atoms with Crippen molar-refractivity contribution in [3.8, 4) is 5.75 Å². The van der Waals surface area contributed by atoms with Crippen LogP contribution in [0.2, 0.25) is 5.02 Å². The van der Waals surface area contributed by atoms with E-state index in [1.165, 1.54) is 0 Å². The molecule has 0 aliphatic heterocycles. The second-order valence-corrected chi connectivity index (χ2v) is 7.90. The number of hydrogen-bond donors (Lipinski definition) is 3. The molecule has 1 aromatic rings. The molecule has 27 heavy (non-hydrogen) atoms. The predicted octanol–water partition coefficient (Wildman–Crippen LogP) is 4.02. The maximum atomic E-state index is 10.5. The van der Waals surface area contributed by atoms with Gasteiger partial charge in [0.2, 0.25) is 0 Å². The molecule has 0 radical (unpaired) electrons. The van der Waals surface area contributed by atoms with E-state index in [0.29, 0.717) is 48.6 Å². The van der Waals surface area contributed by atoms with Crippen molar-refractivity contribution in [3.05, 3.63) is 40.9 Å². The number of aliphatic hydroxyl groups excluding tert-OH is 2. The molecule has 0 bridgehead atoms. The fourth-order valence-electron chi connectivity index (χ4n) is 3.42. The Bertz CT molecular complexity index is 649. The number of unbranched alkanes of at least 4 members (excludes halogenated alkanes) is 1. The third-order valence-corrected chi connectivity index (χ3v) is 5.59. The van der Waals surface area contributed by atoms with Gasteiger partial charge in [0.05, 0.1) is 19.3 Å². The lowest BCUT2D eigenvalue weighted by Crippen LogP contribution is -2.27. The van der Waals surface area contributed by atoms with Crippen molar-refractivity contribution in [1.29, 1.82) is 0 Å². The Morgan fingerprint density at radius 1 is 1.26 bits per heavy atom. The van der Waals surface area contributed by atoms with Crippen molar-refractivity contribution in [2.75, 3.05) is 6.61 Å². The maximum absolute atomic E-state index is 10.5. The standard InChI is InChI=1S/C20H26Cl2O5/c21-14-7-13(11-23)8-15(9-14)27-12-17-16(18(22)10-19(17)24)5-3-1-2-4-6-20(25)26/h1,3,7-9,16-19,23-24H,2,4-6,10-12H2,(H,25,26)/t16-,17-,18-,19-/m1/s1. The van der Waals surface area contributed by atoms with E-state index >= 15 is 0 Å². The molecular weight excluding hydrogens is 391 g/mol. The molecule has 1 saturated carbocycles. The molecule has 0 aromatic heterocycles.